The van der Waals surface area contributed by atoms with Crippen LogP contribution in [0.25, 0.3) is 0 Å². The third-order valence-electron chi connectivity index (χ3n) is 3.72. The first-order chi connectivity index (χ1) is 9.85. The number of rotatable bonds is 5. The number of benzene rings is 1. The lowest BCUT2D eigenvalue weighted by atomic mass is 9.86. The Hall–Kier alpha value is -0.870. The first-order valence-electron chi connectivity index (χ1n) is 7.96. The highest BCUT2D eigenvalue weighted by atomic mass is 32.2. The van der Waals surface area contributed by atoms with Crippen molar-refractivity contribution in [3.05, 3.63) is 29.8 Å². The van der Waals surface area contributed by atoms with Crippen LogP contribution in [-0.2, 0) is 16.4 Å². The minimum Gasteiger partial charge on any atom is -0.208 e. The Morgan fingerprint density at radius 2 is 1.50 bits per heavy atom. The molecule has 1 atom stereocenters. The Balaban J connectivity index is 2.95. The van der Waals surface area contributed by atoms with Gasteiger partial charge in [0.1, 0.15) is 0 Å². The largest absolute Gasteiger partial charge is 0.240 e. The molecule has 0 unspecified atom stereocenters. The molecule has 22 heavy (non-hydrogen) atoms. The molecule has 0 aliphatic heterocycles. The lowest BCUT2D eigenvalue weighted by Gasteiger charge is -2.30. The lowest BCUT2D eigenvalue weighted by Crippen LogP contribution is -2.43. The minimum atomic E-state index is -3.47. The predicted octanol–water partition coefficient (Wildman–Crippen LogP) is 4.38. The summed E-state index contributed by atoms with van der Waals surface area (Å²) in [7, 11) is -3.47. The summed E-state index contributed by atoms with van der Waals surface area (Å²) in [6.07, 6.45) is 1.70. The van der Waals surface area contributed by atoms with Gasteiger partial charge in [0.15, 0.2) is 0 Å². The molecule has 0 saturated carbocycles. The Labute approximate surface area is 136 Å². The summed E-state index contributed by atoms with van der Waals surface area (Å²) in [6, 6.07) is 7.17. The Bertz CT molecular complexity index is 575. The lowest BCUT2D eigenvalue weighted by molar-refractivity contribution is 0.291. The second kappa shape index (κ2) is 6.71. The molecule has 0 spiro atoms. The van der Waals surface area contributed by atoms with E-state index in [4.69, 9.17) is 0 Å². The van der Waals surface area contributed by atoms with Crippen molar-refractivity contribution in [3.8, 4) is 0 Å². The van der Waals surface area contributed by atoms with Crippen LogP contribution < -0.4 is 4.72 Å². The van der Waals surface area contributed by atoms with Crippen LogP contribution in [-0.4, -0.2) is 14.5 Å². The molecule has 0 heterocycles. The molecular weight excluding hydrogens is 294 g/mol. The van der Waals surface area contributed by atoms with Gasteiger partial charge in [0.25, 0.3) is 0 Å². The molecular formula is C18H31NO2S. The van der Waals surface area contributed by atoms with Gasteiger partial charge < -0.3 is 0 Å². The summed E-state index contributed by atoms with van der Waals surface area (Å²) >= 11 is 0. The van der Waals surface area contributed by atoms with Crippen LogP contribution in [0.15, 0.2) is 29.2 Å². The van der Waals surface area contributed by atoms with Crippen molar-refractivity contribution in [2.75, 3.05) is 0 Å². The van der Waals surface area contributed by atoms with Crippen molar-refractivity contribution in [1.82, 2.24) is 4.72 Å². The Morgan fingerprint density at radius 3 is 1.86 bits per heavy atom. The number of hydrogen-bond donors (Lipinski definition) is 1. The zero-order chi connectivity index (χ0) is 17.2. The van der Waals surface area contributed by atoms with E-state index in [1.54, 1.807) is 12.1 Å². The van der Waals surface area contributed by atoms with E-state index in [1.165, 1.54) is 0 Å². The van der Waals surface area contributed by atoms with Crippen LogP contribution in [0.5, 0.6) is 0 Å². The van der Waals surface area contributed by atoms with Gasteiger partial charge >= 0.3 is 0 Å². The molecule has 1 N–H and O–H groups in total. The maximum absolute atomic E-state index is 12.5. The standard InChI is InChI=1S/C18H31NO2S/c1-8-16(18(5,6)7)19-22(20,21)15-11-9-14(10-12-15)13-17(2,3)4/h9-12,16,19H,8,13H2,1-7H3/t16-/m1/s1. The Morgan fingerprint density at radius 1 is 1.00 bits per heavy atom. The van der Waals surface area contributed by atoms with E-state index in [1.807, 2.05) is 19.1 Å². The topological polar surface area (TPSA) is 46.2 Å². The van der Waals surface area contributed by atoms with E-state index in [-0.39, 0.29) is 16.9 Å². The monoisotopic (exact) mass is 325 g/mol. The van der Waals surface area contributed by atoms with Gasteiger partial charge in [-0.3, -0.25) is 0 Å². The average Bonchev–Trinajstić information content (AvgIpc) is 2.33. The SMILES string of the molecule is CC[C@@H](NS(=O)(=O)c1ccc(CC(C)(C)C)cc1)C(C)(C)C. The molecule has 126 valence electrons. The first-order valence-corrected chi connectivity index (χ1v) is 9.45. The first kappa shape index (κ1) is 19.2. The molecule has 0 fully saturated rings. The highest BCUT2D eigenvalue weighted by molar-refractivity contribution is 7.89. The van der Waals surface area contributed by atoms with Crippen molar-refractivity contribution in [3.63, 3.8) is 0 Å². The van der Waals surface area contributed by atoms with Gasteiger partial charge in [0.05, 0.1) is 4.90 Å². The molecule has 1 aromatic carbocycles. The maximum atomic E-state index is 12.5. The van der Waals surface area contributed by atoms with Gasteiger partial charge in [-0.05, 0) is 41.4 Å². The van der Waals surface area contributed by atoms with Gasteiger partial charge in [0.2, 0.25) is 10.0 Å². The number of nitrogens with one attached hydrogen (secondary N) is 1. The number of sulfonamides is 1. The second-order valence-corrected chi connectivity index (χ2v) is 10.0. The van der Waals surface area contributed by atoms with Crippen LogP contribution >= 0.6 is 0 Å². The summed E-state index contributed by atoms with van der Waals surface area (Å²) in [4.78, 5) is 0.341. The maximum Gasteiger partial charge on any atom is 0.240 e. The molecule has 0 saturated heterocycles. The van der Waals surface area contributed by atoms with E-state index < -0.39 is 10.0 Å². The molecule has 4 heteroatoms. The van der Waals surface area contributed by atoms with Gasteiger partial charge in [-0.25, -0.2) is 13.1 Å². The molecule has 0 bridgehead atoms. The zero-order valence-corrected chi connectivity index (χ0v) is 15.8. The third-order valence-corrected chi connectivity index (χ3v) is 5.21. The fourth-order valence-electron chi connectivity index (χ4n) is 2.53. The summed E-state index contributed by atoms with van der Waals surface area (Å²) < 4.78 is 27.9. The van der Waals surface area contributed by atoms with Crippen LogP contribution in [0.3, 0.4) is 0 Å². The van der Waals surface area contributed by atoms with Crippen LogP contribution in [0.4, 0.5) is 0 Å². The van der Waals surface area contributed by atoms with Crippen LogP contribution in [0, 0.1) is 10.8 Å². The van der Waals surface area contributed by atoms with E-state index >= 15 is 0 Å². The molecule has 0 aromatic heterocycles. The molecule has 1 aromatic rings. The molecule has 0 amide bonds. The quantitative estimate of drug-likeness (QED) is 0.873. The molecule has 0 aliphatic rings. The van der Waals surface area contributed by atoms with Crippen molar-refractivity contribution in [2.45, 2.75) is 72.2 Å². The molecule has 0 radical (unpaired) electrons. The summed E-state index contributed by atoms with van der Waals surface area (Å²) in [5, 5.41) is 0. The summed E-state index contributed by atoms with van der Waals surface area (Å²) in [5.74, 6) is 0. The fourth-order valence-corrected chi connectivity index (χ4v) is 4.05. The highest BCUT2D eigenvalue weighted by Crippen LogP contribution is 2.25. The fraction of sp³-hybridized carbons (Fsp3) is 0.667. The predicted molar refractivity (Wildman–Crippen MR) is 93.5 cm³/mol. The second-order valence-electron chi connectivity index (χ2n) is 8.33. The van der Waals surface area contributed by atoms with Crippen molar-refractivity contribution in [2.24, 2.45) is 10.8 Å². The van der Waals surface area contributed by atoms with E-state index in [0.717, 1.165) is 18.4 Å². The average molecular weight is 326 g/mol. The molecule has 3 nitrogen and oxygen atoms in total. The smallest absolute Gasteiger partial charge is 0.208 e. The highest BCUT2D eigenvalue weighted by Gasteiger charge is 2.28. The van der Waals surface area contributed by atoms with E-state index in [2.05, 4.69) is 46.3 Å². The van der Waals surface area contributed by atoms with Crippen molar-refractivity contribution in [1.29, 1.82) is 0 Å². The van der Waals surface area contributed by atoms with Crippen molar-refractivity contribution >= 4 is 10.0 Å². The van der Waals surface area contributed by atoms with E-state index in [9.17, 15) is 8.42 Å². The number of hydrogen-bond acceptors (Lipinski definition) is 2. The van der Waals surface area contributed by atoms with Crippen molar-refractivity contribution < 1.29 is 8.42 Å². The third kappa shape index (κ3) is 5.73. The van der Waals surface area contributed by atoms with Gasteiger partial charge in [-0.15, -0.1) is 0 Å². The molecule has 0 aliphatic carbocycles. The Kier molecular flexibility index (Phi) is 5.85. The van der Waals surface area contributed by atoms with Gasteiger partial charge in [0, 0.05) is 6.04 Å². The zero-order valence-electron chi connectivity index (χ0n) is 15.0. The minimum absolute atomic E-state index is 0.0771. The summed E-state index contributed by atoms with van der Waals surface area (Å²) in [6.45, 7) is 14.7. The normalized spacial score (nSPS) is 14.9. The van der Waals surface area contributed by atoms with Crippen LogP contribution in [0.2, 0.25) is 0 Å². The van der Waals surface area contributed by atoms with Crippen LogP contribution in [0.1, 0.15) is 60.5 Å². The van der Waals surface area contributed by atoms with Gasteiger partial charge in [-0.2, -0.15) is 0 Å². The molecule has 1 rings (SSSR count). The van der Waals surface area contributed by atoms with Gasteiger partial charge in [-0.1, -0.05) is 60.6 Å². The summed E-state index contributed by atoms with van der Waals surface area (Å²) in [5.41, 5.74) is 1.25. The van der Waals surface area contributed by atoms with E-state index in [0.29, 0.717) is 4.90 Å².